The molecule has 1 heterocycles. The first-order valence-electron chi connectivity index (χ1n) is 3.72. The molecule has 0 fully saturated rings. The third kappa shape index (κ3) is 2.44. The lowest BCUT2D eigenvalue weighted by Crippen LogP contribution is -2.04. The largest absolute Gasteiger partial charge is 0.218 e. The molecule has 5 heteroatoms. The average molecular weight is 276 g/mol. The second-order valence-electron chi connectivity index (χ2n) is 2.27. The fraction of sp³-hybridized carbons (Fsp3) is 0.571. The molecule has 64 valence electrons. The van der Waals surface area contributed by atoms with Crippen LogP contribution in [0.3, 0.4) is 0 Å². The van der Waals surface area contributed by atoms with Crippen LogP contribution in [0.5, 0.6) is 0 Å². The number of aromatic nitrogens is 4. The van der Waals surface area contributed by atoms with Gasteiger partial charge in [0.05, 0.1) is 0 Å². The first-order valence-corrected chi connectivity index (χ1v) is 4.80. The van der Waals surface area contributed by atoms with Gasteiger partial charge in [-0.05, 0) is 20.8 Å². The SMILES string of the molecule is CCCc1nnnn1CC#CI. The molecule has 1 aromatic rings. The zero-order chi connectivity index (χ0) is 8.81. The minimum Gasteiger partial charge on any atom is -0.218 e. The summed E-state index contributed by atoms with van der Waals surface area (Å²) in [5.41, 5.74) is 0. The third-order valence-electron chi connectivity index (χ3n) is 1.38. The molecule has 1 aromatic heterocycles. The minimum atomic E-state index is 0.589. The monoisotopic (exact) mass is 276 g/mol. The molecule has 1 rings (SSSR count). The van der Waals surface area contributed by atoms with Crippen molar-refractivity contribution < 1.29 is 0 Å². The predicted molar refractivity (Wildman–Crippen MR) is 53.6 cm³/mol. The van der Waals surface area contributed by atoms with Gasteiger partial charge in [0.15, 0.2) is 5.82 Å². The number of aryl methyl sites for hydroxylation is 1. The van der Waals surface area contributed by atoms with Gasteiger partial charge in [0.1, 0.15) is 6.54 Å². The molecule has 0 unspecified atom stereocenters. The molecule has 0 bridgehead atoms. The van der Waals surface area contributed by atoms with Gasteiger partial charge in [-0.15, -0.1) is 5.10 Å². The Morgan fingerprint density at radius 3 is 3.08 bits per heavy atom. The molecule has 0 saturated carbocycles. The molecule has 0 aliphatic heterocycles. The first kappa shape index (κ1) is 9.45. The van der Waals surface area contributed by atoms with E-state index in [-0.39, 0.29) is 0 Å². The van der Waals surface area contributed by atoms with Crippen molar-refractivity contribution in [3.63, 3.8) is 0 Å². The second kappa shape index (κ2) is 5.09. The zero-order valence-corrected chi connectivity index (χ0v) is 8.95. The van der Waals surface area contributed by atoms with E-state index in [0.717, 1.165) is 18.7 Å². The number of nitrogens with zero attached hydrogens (tertiary/aromatic N) is 4. The number of halogens is 1. The average Bonchev–Trinajstić information content (AvgIpc) is 2.50. The van der Waals surface area contributed by atoms with E-state index in [1.54, 1.807) is 4.68 Å². The number of rotatable bonds is 3. The summed E-state index contributed by atoms with van der Waals surface area (Å²) in [5.74, 6) is 3.82. The summed E-state index contributed by atoms with van der Waals surface area (Å²) in [6.45, 7) is 2.69. The summed E-state index contributed by atoms with van der Waals surface area (Å²) in [6.07, 6.45) is 1.97. The van der Waals surface area contributed by atoms with E-state index in [1.807, 2.05) is 22.6 Å². The molecule has 0 aromatic carbocycles. The van der Waals surface area contributed by atoms with Crippen molar-refractivity contribution in [2.45, 2.75) is 26.3 Å². The smallest absolute Gasteiger partial charge is 0.152 e. The van der Waals surface area contributed by atoms with Gasteiger partial charge in [0, 0.05) is 29.0 Å². The van der Waals surface area contributed by atoms with Gasteiger partial charge in [-0.2, -0.15) is 0 Å². The van der Waals surface area contributed by atoms with Crippen molar-refractivity contribution in [2.75, 3.05) is 0 Å². The van der Waals surface area contributed by atoms with Crippen molar-refractivity contribution in [1.29, 1.82) is 0 Å². The van der Waals surface area contributed by atoms with E-state index in [2.05, 4.69) is 32.3 Å². The number of hydrogen-bond acceptors (Lipinski definition) is 3. The van der Waals surface area contributed by atoms with Crippen molar-refractivity contribution >= 4 is 22.6 Å². The van der Waals surface area contributed by atoms with Gasteiger partial charge in [0.25, 0.3) is 0 Å². The van der Waals surface area contributed by atoms with Gasteiger partial charge < -0.3 is 0 Å². The maximum atomic E-state index is 3.89. The minimum absolute atomic E-state index is 0.589. The van der Waals surface area contributed by atoms with Crippen molar-refractivity contribution in [1.82, 2.24) is 20.2 Å². The van der Waals surface area contributed by atoms with Gasteiger partial charge >= 0.3 is 0 Å². The highest BCUT2D eigenvalue weighted by atomic mass is 127. The van der Waals surface area contributed by atoms with E-state index in [4.69, 9.17) is 0 Å². The standard InChI is InChI=1S/C7H9IN4/c1-2-4-7-9-10-11-12(7)6-3-5-8/h2,4,6H2,1H3. The summed E-state index contributed by atoms with van der Waals surface area (Å²) < 4.78 is 4.51. The highest BCUT2D eigenvalue weighted by Gasteiger charge is 2.01. The van der Waals surface area contributed by atoms with Crippen LogP contribution in [-0.4, -0.2) is 20.2 Å². The molecule has 0 atom stereocenters. The van der Waals surface area contributed by atoms with Crippen molar-refractivity contribution in [2.24, 2.45) is 0 Å². The van der Waals surface area contributed by atoms with Crippen molar-refractivity contribution in [3.05, 3.63) is 5.82 Å². The third-order valence-corrected chi connectivity index (χ3v) is 1.76. The number of tetrazole rings is 1. The lowest BCUT2D eigenvalue weighted by molar-refractivity contribution is 0.632. The van der Waals surface area contributed by atoms with Crippen LogP contribution < -0.4 is 0 Å². The molecular formula is C7H9IN4. The number of hydrogen-bond donors (Lipinski definition) is 0. The summed E-state index contributed by atoms with van der Waals surface area (Å²) >= 11 is 2.00. The Morgan fingerprint density at radius 2 is 2.42 bits per heavy atom. The molecule has 0 amide bonds. The highest BCUT2D eigenvalue weighted by Crippen LogP contribution is 1.95. The normalized spacial score (nSPS) is 9.17. The van der Waals surface area contributed by atoms with Crippen LogP contribution in [0.15, 0.2) is 0 Å². The molecule has 12 heavy (non-hydrogen) atoms. The van der Waals surface area contributed by atoms with Gasteiger partial charge in [-0.1, -0.05) is 12.8 Å². The van der Waals surface area contributed by atoms with Gasteiger partial charge in [-0.3, -0.25) is 0 Å². The zero-order valence-electron chi connectivity index (χ0n) is 6.79. The van der Waals surface area contributed by atoms with Crippen LogP contribution in [-0.2, 0) is 13.0 Å². The lowest BCUT2D eigenvalue weighted by Gasteiger charge is -1.96. The summed E-state index contributed by atoms with van der Waals surface area (Å²) in [5, 5.41) is 11.3. The maximum absolute atomic E-state index is 3.89. The Morgan fingerprint density at radius 1 is 1.58 bits per heavy atom. The van der Waals surface area contributed by atoms with E-state index < -0.39 is 0 Å². The van der Waals surface area contributed by atoms with Crippen LogP contribution in [0.1, 0.15) is 19.2 Å². The second-order valence-corrected chi connectivity index (χ2v) is 2.81. The summed E-state index contributed by atoms with van der Waals surface area (Å²) in [6, 6.07) is 0. The van der Waals surface area contributed by atoms with Crippen LogP contribution in [0.2, 0.25) is 0 Å². The highest BCUT2D eigenvalue weighted by molar-refractivity contribution is 14.1. The topological polar surface area (TPSA) is 43.6 Å². The molecule has 0 saturated heterocycles. The Kier molecular flexibility index (Phi) is 4.00. The molecule has 0 radical (unpaired) electrons. The molecule has 4 nitrogen and oxygen atoms in total. The Hall–Kier alpha value is -0.640. The fourth-order valence-corrected chi connectivity index (χ4v) is 1.02. The van der Waals surface area contributed by atoms with Crippen LogP contribution in [0.4, 0.5) is 0 Å². The quantitative estimate of drug-likeness (QED) is 0.611. The van der Waals surface area contributed by atoms with E-state index in [0.29, 0.717) is 6.54 Å². The molecule has 0 aliphatic rings. The molecular weight excluding hydrogens is 267 g/mol. The van der Waals surface area contributed by atoms with Crippen LogP contribution in [0.25, 0.3) is 0 Å². The first-order chi connectivity index (χ1) is 5.88. The maximum Gasteiger partial charge on any atom is 0.152 e. The fourth-order valence-electron chi connectivity index (χ4n) is 0.853. The van der Waals surface area contributed by atoms with E-state index in [1.165, 1.54) is 0 Å². The Balaban J connectivity index is 2.67. The van der Waals surface area contributed by atoms with Gasteiger partial charge in [0.2, 0.25) is 0 Å². The summed E-state index contributed by atoms with van der Waals surface area (Å²) in [7, 11) is 0. The van der Waals surface area contributed by atoms with Crippen LogP contribution >= 0.6 is 22.6 Å². The Labute approximate surface area is 84.9 Å². The molecule has 0 N–H and O–H groups in total. The lowest BCUT2D eigenvalue weighted by atomic mass is 10.3. The summed E-state index contributed by atoms with van der Waals surface area (Å²) in [4.78, 5) is 0. The molecule has 0 aliphatic carbocycles. The van der Waals surface area contributed by atoms with Crippen molar-refractivity contribution in [3.8, 4) is 9.85 Å². The Bertz CT molecular complexity index is 296. The van der Waals surface area contributed by atoms with E-state index >= 15 is 0 Å². The van der Waals surface area contributed by atoms with Crippen LogP contribution in [0, 0.1) is 9.85 Å². The van der Waals surface area contributed by atoms with Gasteiger partial charge in [-0.25, -0.2) is 4.68 Å². The van der Waals surface area contributed by atoms with E-state index in [9.17, 15) is 0 Å². The molecule has 0 spiro atoms. The predicted octanol–water partition coefficient (Wildman–Crippen LogP) is 1.02.